The molecule has 2 heterocycles. The highest BCUT2D eigenvalue weighted by Gasteiger charge is 2.25. The van der Waals surface area contributed by atoms with E-state index in [2.05, 4.69) is 15.5 Å². The average molecular weight is 417 g/mol. The Bertz CT molecular complexity index is 872. The fourth-order valence-corrected chi connectivity index (χ4v) is 4.32. The van der Waals surface area contributed by atoms with Gasteiger partial charge in [0, 0.05) is 18.7 Å². The molecule has 0 unspecified atom stereocenters. The maximum Gasteiger partial charge on any atom is 0.257 e. The van der Waals surface area contributed by atoms with E-state index in [1.165, 1.54) is 26.6 Å². The number of nitrogens with zero attached hydrogens (tertiary/aromatic N) is 3. The highest BCUT2D eigenvalue weighted by Crippen LogP contribution is 2.37. The molecule has 1 aromatic carbocycles. The molecule has 1 fully saturated rings. The standard InChI is InChI=1S/C20H24N4O4S/c1-24(15-5-8-29-9-6-15)20(26)14-10-16(18(28-3)17(11-14)27-2)23-19(25)13-4-7-21-22-12-13/h4,7,10-12,15H,5-6,8-9H2,1-3H3,(H,23,25). The average Bonchev–Trinajstić information content (AvgIpc) is 2.78. The van der Waals surface area contributed by atoms with Crippen molar-refractivity contribution in [2.24, 2.45) is 0 Å². The molecule has 1 aromatic heterocycles. The Morgan fingerprint density at radius 3 is 2.52 bits per heavy atom. The lowest BCUT2D eigenvalue weighted by Gasteiger charge is -2.31. The second-order valence-corrected chi connectivity index (χ2v) is 7.83. The Kier molecular flexibility index (Phi) is 6.92. The summed E-state index contributed by atoms with van der Waals surface area (Å²) in [6.07, 6.45) is 4.74. The smallest absolute Gasteiger partial charge is 0.257 e. The fraction of sp³-hybridized carbons (Fsp3) is 0.400. The first-order valence-electron chi connectivity index (χ1n) is 9.24. The van der Waals surface area contributed by atoms with Crippen LogP contribution in [-0.2, 0) is 0 Å². The zero-order chi connectivity index (χ0) is 20.8. The summed E-state index contributed by atoms with van der Waals surface area (Å²) in [7, 11) is 4.79. The molecule has 0 radical (unpaired) electrons. The summed E-state index contributed by atoms with van der Waals surface area (Å²) in [6, 6.07) is 5.01. The molecule has 1 aliphatic heterocycles. The van der Waals surface area contributed by atoms with E-state index in [0.717, 1.165) is 24.3 Å². The summed E-state index contributed by atoms with van der Waals surface area (Å²) in [5.41, 5.74) is 1.12. The minimum atomic E-state index is -0.387. The van der Waals surface area contributed by atoms with E-state index in [-0.39, 0.29) is 17.9 Å². The number of nitrogens with one attached hydrogen (secondary N) is 1. The van der Waals surface area contributed by atoms with Crippen LogP contribution in [0.2, 0.25) is 0 Å². The molecular formula is C20H24N4O4S. The summed E-state index contributed by atoms with van der Waals surface area (Å²) in [4.78, 5) is 27.5. The maximum atomic E-state index is 13.1. The van der Waals surface area contributed by atoms with Crippen molar-refractivity contribution < 1.29 is 19.1 Å². The molecule has 1 saturated heterocycles. The van der Waals surface area contributed by atoms with E-state index >= 15 is 0 Å². The van der Waals surface area contributed by atoms with Crippen LogP contribution in [0.15, 0.2) is 30.6 Å². The SMILES string of the molecule is COc1cc(C(=O)N(C)C2CCSCC2)cc(NC(=O)c2ccnnc2)c1OC. The third kappa shape index (κ3) is 4.79. The predicted octanol–water partition coefficient (Wildman–Crippen LogP) is 2.71. The van der Waals surface area contributed by atoms with Gasteiger partial charge in [-0.3, -0.25) is 9.59 Å². The van der Waals surface area contributed by atoms with E-state index in [1.807, 2.05) is 18.8 Å². The first-order chi connectivity index (χ1) is 14.0. The summed E-state index contributed by atoms with van der Waals surface area (Å²) in [6.45, 7) is 0. The highest BCUT2D eigenvalue weighted by atomic mass is 32.2. The van der Waals surface area contributed by atoms with Crippen LogP contribution in [0.1, 0.15) is 33.6 Å². The number of aromatic nitrogens is 2. The van der Waals surface area contributed by atoms with E-state index in [4.69, 9.17) is 9.47 Å². The number of ether oxygens (including phenoxy) is 2. The zero-order valence-electron chi connectivity index (χ0n) is 16.7. The fourth-order valence-electron chi connectivity index (χ4n) is 3.24. The number of thioether (sulfide) groups is 1. The molecular weight excluding hydrogens is 392 g/mol. The van der Waals surface area contributed by atoms with Crippen LogP contribution in [0.3, 0.4) is 0 Å². The molecule has 1 N–H and O–H groups in total. The number of carbonyl (C=O) groups excluding carboxylic acids is 2. The molecule has 154 valence electrons. The van der Waals surface area contributed by atoms with Crippen molar-refractivity contribution in [1.29, 1.82) is 0 Å². The van der Waals surface area contributed by atoms with Crippen molar-refractivity contribution in [2.45, 2.75) is 18.9 Å². The largest absolute Gasteiger partial charge is 0.493 e. The normalized spacial score (nSPS) is 14.2. The number of methoxy groups -OCH3 is 2. The molecule has 0 bridgehead atoms. The molecule has 0 saturated carbocycles. The molecule has 29 heavy (non-hydrogen) atoms. The van der Waals surface area contributed by atoms with Crippen LogP contribution in [-0.4, -0.2) is 65.7 Å². The van der Waals surface area contributed by atoms with Crippen LogP contribution in [0.4, 0.5) is 5.69 Å². The van der Waals surface area contributed by atoms with Crippen LogP contribution in [0.25, 0.3) is 0 Å². The molecule has 8 nitrogen and oxygen atoms in total. The minimum Gasteiger partial charge on any atom is -0.493 e. The van der Waals surface area contributed by atoms with Crippen molar-refractivity contribution in [2.75, 3.05) is 38.1 Å². The van der Waals surface area contributed by atoms with Gasteiger partial charge >= 0.3 is 0 Å². The Morgan fingerprint density at radius 2 is 1.90 bits per heavy atom. The molecule has 9 heteroatoms. The van der Waals surface area contributed by atoms with Crippen LogP contribution < -0.4 is 14.8 Å². The van der Waals surface area contributed by atoms with Gasteiger partial charge in [0.2, 0.25) is 0 Å². The second-order valence-electron chi connectivity index (χ2n) is 6.60. The number of hydrogen-bond donors (Lipinski definition) is 1. The Hall–Kier alpha value is -2.81. The van der Waals surface area contributed by atoms with E-state index in [0.29, 0.717) is 28.3 Å². The Balaban J connectivity index is 1.91. The summed E-state index contributed by atoms with van der Waals surface area (Å²) in [5.74, 6) is 2.31. The summed E-state index contributed by atoms with van der Waals surface area (Å²) >= 11 is 1.91. The van der Waals surface area contributed by atoms with Gasteiger partial charge in [-0.25, -0.2) is 0 Å². The summed E-state index contributed by atoms with van der Waals surface area (Å²) < 4.78 is 10.8. The Morgan fingerprint density at radius 1 is 1.14 bits per heavy atom. The van der Waals surface area contributed by atoms with Crippen LogP contribution in [0.5, 0.6) is 11.5 Å². The quantitative estimate of drug-likeness (QED) is 0.774. The zero-order valence-corrected chi connectivity index (χ0v) is 17.5. The van der Waals surface area contributed by atoms with Gasteiger partial charge in [0.1, 0.15) is 0 Å². The number of amides is 2. The van der Waals surface area contributed by atoms with Crippen molar-refractivity contribution in [3.8, 4) is 11.5 Å². The monoisotopic (exact) mass is 416 g/mol. The third-order valence-corrected chi connectivity index (χ3v) is 5.93. The maximum absolute atomic E-state index is 13.1. The van der Waals surface area contributed by atoms with Gasteiger partial charge in [-0.2, -0.15) is 22.0 Å². The molecule has 1 aliphatic rings. The van der Waals surface area contributed by atoms with Crippen LogP contribution >= 0.6 is 11.8 Å². The number of carbonyl (C=O) groups is 2. The predicted molar refractivity (Wildman–Crippen MR) is 112 cm³/mol. The van der Waals surface area contributed by atoms with Gasteiger partial charge in [-0.05, 0) is 42.5 Å². The molecule has 0 atom stereocenters. The van der Waals surface area contributed by atoms with E-state index in [1.54, 1.807) is 23.1 Å². The minimum absolute atomic E-state index is 0.121. The lowest BCUT2D eigenvalue weighted by Crippen LogP contribution is -2.39. The molecule has 2 aromatic rings. The van der Waals surface area contributed by atoms with Crippen molar-refractivity contribution >= 4 is 29.3 Å². The number of rotatable bonds is 6. The lowest BCUT2D eigenvalue weighted by atomic mass is 10.1. The van der Waals surface area contributed by atoms with Crippen LogP contribution in [0, 0.1) is 0 Å². The van der Waals surface area contributed by atoms with Gasteiger partial charge in [-0.1, -0.05) is 0 Å². The number of anilines is 1. The van der Waals surface area contributed by atoms with E-state index in [9.17, 15) is 9.59 Å². The lowest BCUT2D eigenvalue weighted by molar-refractivity contribution is 0.0723. The van der Waals surface area contributed by atoms with Crippen molar-refractivity contribution in [3.63, 3.8) is 0 Å². The first-order valence-corrected chi connectivity index (χ1v) is 10.4. The van der Waals surface area contributed by atoms with Gasteiger partial charge in [0.05, 0.1) is 37.9 Å². The first kappa shape index (κ1) is 20.9. The van der Waals surface area contributed by atoms with Gasteiger partial charge < -0.3 is 19.7 Å². The van der Waals surface area contributed by atoms with Gasteiger partial charge in [0.15, 0.2) is 11.5 Å². The molecule has 2 amide bonds. The Labute approximate surface area is 174 Å². The number of hydrogen-bond acceptors (Lipinski definition) is 7. The number of benzene rings is 1. The molecule has 0 spiro atoms. The van der Waals surface area contributed by atoms with Crippen molar-refractivity contribution in [3.05, 3.63) is 41.7 Å². The van der Waals surface area contributed by atoms with Crippen molar-refractivity contribution in [1.82, 2.24) is 15.1 Å². The topological polar surface area (TPSA) is 93.7 Å². The van der Waals surface area contributed by atoms with Gasteiger partial charge in [0.25, 0.3) is 11.8 Å². The molecule has 0 aliphatic carbocycles. The van der Waals surface area contributed by atoms with E-state index < -0.39 is 0 Å². The van der Waals surface area contributed by atoms with Gasteiger partial charge in [-0.15, -0.1) is 0 Å². The third-order valence-electron chi connectivity index (χ3n) is 4.88. The second kappa shape index (κ2) is 9.60. The highest BCUT2D eigenvalue weighted by molar-refractivity contribution is 7.99. The summed E-state index contributed by atoms with van der Waals surface area (Å²) in [5, 5.41) is 10.2. The molecule has 3 rings (SSSR count).